The Balaban J connectivity index is 1.53. The fourth-order valence-corrected chi connectivity index (χ4v) is 7.57. The lowest BCUT2D eigenvalue weighted by Crippen LogP contribution is -2.69. The van der Waals surface area contributed by atoms with Crippen LogP contribution in [-0.4, -0.2) is 172 Å². The minimum Gasteiger partial charge on any atom is -0.394 e. The maximum atomic E-state index is 12.8. The quantitative estimate of drug-likeness (QED) is 0.102. The van der Waals surface area contributed by atoms with Crippen LogP contribution < -0.4 is 5.32 Å². The van der Waals surface area contributed by atoms with E-state index < -0.39 is 130 Å². The number of hydrogen-bond acceptors (Lipinski definition) is 17. The summed E-state index contributed by atoms with van der Waals surface area (Å²) in [4.78, 5) is 12.8. The fraction of sp³-hybridized carbons (Fsp3) is 0.816. The molecule has 4 aliphatic rings. The highest BCUT2D eigenvalue weighted by Crippen LogP contribution is 2.38. The number of rotatable bonds is 15. The molecular weight excluding hydrogens is 742 g/mol. The number of benzene rings is 1. The van der Waals surface area contributed by atoms with Gasteiger partial charge < -0.3 is 83.7 Å². The smallest absolute Gasteiger partial charge is 0.217 e. The molecule has 4 saturated heterocycles. The Morgan fingerprint density at radius 3 is 1.89 bits per heavy atom. The average Bonchev–Trinajstić information content (AvgIpc) is 3.18. The summed E-state index contributed by atoms with van der Waals surface area (Å²) in [6.07, 6.45) is -21.0. The molecule has 4 aliphatic heterocycles. The van der Waals surface area contributed by atoms with Gasteiger partial charge in [0.15, 0.2) is 25.2 Å². The van der Waals surface area contributed by atoms with Crippen molar-refractivity contribution in [2.45, 2.75) is 165 Å². The molecule has 56 heavy (non-hydrogen) atoms. The van der Waals surface area contributed by atoms with Gasteiger partial charge in [-0.2, -0.15) is 0 Å². The van der Waals surface area contributed by atoms with Gasteiger partial charge in [-0.15, -0.1) is 0 Å². The molecular formula is C38H61NO17. The number of ether oxygens (including phenoxy) is 9. The first-order valence-corrected chi connectivity index (χ1v) is 19.4. The van der Waals surface area contributed by atoms with Crippen molar-refractivity contribution in [3.05, 3.63) is 35.9 Å². The van der Waals surface area contributed by atoms with Crippen molar-refractivity contribution >= 4 is 5.91 Å². The van der Waals surface area contributed by atoms with E-state index in [1.165, 1.54) is 6.92 Å². The topological polar surface area (TPSA) is 254 Å². The van der Waals surface area contributed by atoms with E-state index in [0.29, 0.717) is 6.42 Å². The van der Waals surface area contributed by atoms with Crippen molar-refractivity contribution in [1.29, 1.82) is 0 Å². The maximum Gasteiger partial charge on any atom is 0.217 e. The summed E-state index contributed by atoms with van der Waals surface area (Å²) in [5.41, 5.74) is 0.810. The highest BCUT2D eigenvalue weighted by Gasteiger charge is 2.56. The van der Waals surface area contributed by atoms with E-state index in [1.807, 2.05) is 51.1 Å². The molecule has 18 heteroatoms. The molecule has 0 aromatic heterocycles. The predicted molar refractivity (Wildman–Crippen MR) is 192 cm³/mol. The number of aliphatic hydroxyl groups is 7. The Bertz CT molecular complexity index is 1350. The van der Waals surface area contributed by atoms with Crippen molar-refractivity contribution < 1.29 is 83.2 Å². The van der Waals surface area contributed by atoms with Crippen LogP contribution in [0, 0.1) is 11.8 Å². The first-order valence-electron chi connectivity index (χ1n) is 19.4. The summed E-state index contributed by atoms with van der Waals surface area (Å²) in [6.45, 7) is 9.14. The molecule has 18 nitrogen and oxygen atoms in total. The summed E-state index contributed by atoms with van der Waals surface area (Å²) in [5, 5.41) is 77.5. The van der Waals surface area contributed by atoms with Gasteiger partial charge in [0, 0.05) is 19.4 Å². The molecule has 1 aromatic rings. The van der Waals surface area contributed by atoms with Crippen molar-refractivity contribution in [3.8, 4) is 0 Å². The molecule has 8 N–H and O–H groups in total. The summed E-state index contributed by atoms with van der Waals surface area (Å²) < 4.78 is 56.4. The largest absolute Gasteiger partial charge is 0.394 e. The third-order valence-corrected chi connectivity index (χ3v) is 11.1. The third kappa shape index (κ3) is 10.2. The number of aliphatic hydroxyl groups excluding tert-OH is 7. The van der Waals surface area contributed by atoms with Crippen molar-refractivity contribution in [3.63, 3.8) is 0 Å². The first kappa shape index (κ1) is 45.1. The molecule has 4 fully saturated rings. The lowest BCUT2D eigenvalue weighted by Gasteiger charge is -2.51. The first-order chi connectivity index (χ1) is 26.7. The molecule has 5 rings (SSSR count). The zero-order chi connectivity index (χ0) is 40.8. The summed E-state index contributed by atoms with van der Waals surface area (Å²) in [6, 6.07) is 8.01. The van der Waals surface area contributed by atoms with Gasteiger partial charge >= 0.3 is 0 Å². The van der Waals surface area contributed by atoms with Gasteiger partial charge in [0.2, 0.25) is 5.91 Å². The van der Waals surface area contributed by atoms with Crippen LogP contribution in [0.4, 0.5) is 0 Å². The SMILES string of the molecule is CCCO[C@@H]1OC(C)[C@H](OCc2ccccc2)[C@@H](O[C@H]2O[C@H](CO)[C@@H](O)C(O)C2O)C1O[C@@H]1OC(CO)[C@H](O)C(O[C@@H]2OC(C)[C@H](O)[C@@H](C)C2C)[C@@H]1NC(C)=O. The van der Waals surface area contributed by atoms with Gasteiger partial charge in [0.05, 0.1) is 38.1 Å². The number of hydrogen-bond donors (Lipinski definition) is 8. The zero-order valence-corrected chi connectivity index (χ0v) is 32.7. The van der Waals surface area contributed by atoms with E-state index in [2.05, 4.69) is 5.32 Å². The van der Waals surface area contributed by atoms with Crippen LogP contribution in [-0.2, 0) is 54.0 Å². The lowest BCUT2D eigenvalue weighted by atomic mass is 9.85. The van der Waals surface area contributed by atoms with Gasteiger partial charge in [-0.1, -0.05) is 51.1 Å². The van der Waals surface area contributed by atoms with Crippen LogP contribution in [0.2, 0.25) is 0 Å². The van der Waals surface area contributed by atoms with E-state index in [-0.39, 0.29) is 25.0 Å². The van der Waals surface area contributed by atoms with E-state index in [9.17, 15) is 40.5 Å². The van der Waals surface area contributed by atoms with Crippen LogP contribution in [0.15, 0.2) is 30.3 Å². The summed E-state index contributed by atoms with van der Waals surface area (Å²) in [5.74, 6) is -1.15. The van der Waals surface area contributed by atoms with Crippen molar-refractivity contribution in [1.82, 2.24) is 5.32 Å². The third-order valence-electron chi connectivity index (χ3n) is 11.1. The molecule has 0 aliphatic carbocycles. The molecule has 1 aromatic carbocycles. The predicted octanol–water partition coefficient (Wildman–Crippen LogP) is -1.34. The molecule has 4 heterocycles. The molecule has 320 valence electrons. The van der Waals surface area contributed by atoms with Gasteiger partial charge in [-0.05, 0) is 31.7 Å². The Hall–Kier alpha value is -1.95. The molecule has 0 bridgehead atoms. The Morgan fingerprint density at radius 2 is 1.25 bits per heavy atom. The number of carbonyl (C=O) groups is 1. The van der Waals surface area contributed by atoms with Crippen LogP contribution in [0.5, 0.6) is 0 Å². The summed E-state index contributed by atoms with van der Waals surface area (Å²) >= 11 is 0. The molecule has 0 spiro atoms. The van der Waals surface area contributed by atoms with Crippen LogP contribution in [0.25, 0.3) is 0 Å². The van der Waals surface area contributed by atoms with Crippen LogP contribution in [0.3, 0.4) is 0 Å². The number of nitrogens with one attached hydrogen (secondary N) is 1. The second-order valence-electron chi connectivity index (χ2n) is 15.2. The second-order valence-corrected chi connectivity index (χ2v) is 15.2. The molecule has 0 radical (unpaired) electrons. The molecule has 0 saturated carbocycles. The zero-order valence-electron chi connectivity index (χ0n) is 32.7. The molecule has 20 atom stereocenters. The van der Waals surface area contributed by atoms with E-state index in [4.69, 9.17) is 42.6 Å². The Morgan fingerprint density at radius 1 is 0.643 bits per heavy atom. The number of carbonyl (C=O) groups excluding carboxylic acids is 1. The fourth-order valence-electron chi connectivity index (χ4n) is 7.57. The lowest BCUT2D eigenvalue weighted by molar-refractivity contribution is -0.390. The van der Waals surface area contributed by atoms with Gasteiger partial charge in [0.1, 0.15) is 67.1 Å². The minimum atomic E-state index is -1.79. The van der Waals surface area contributed by atoms with Crippen LogP contribution in [0.1, 0.15) is 53.5 Å². The van der Waals surface area contributed by atoms with Crippen LogP contribution >= 0.6 is 0 Å². The minimum absolute atomic E-state index is 0.0786. The average molecular weight is 804 g/mol. The van der Waals surface area contributed by atoms with Gasteiger partial charge in [-0.25, -0.2) is 0 Å². The second kappa shape index (κ2) is 20.3. The Labute approximate surface area is 326 Å². The molecule has 8 unspecified atom stereocenters. The highest BCUT2D eigenvalue weighted by atomic mass is 16.8. The summed E-state index contributed by atoms with van der Waals surface area (Å²) in [7, 11) is 0. The standard InChI is InChI=1S/C38H61NO17/c1-7-13-48-38-34(56-36-25(39-21(6)42)32(28(45)24(15-41)52-36)54-35-18(3)17(2)26(43)19(4)50-35)33(55-37-30(47)29(46)27(44)23(14-40)53-37)31(20(5)51-38)49-16-22-11-9-8-10-12-22/h8-12,17-20,23-38,40-41,43-47H,7,13-16H2,1-6H3,(H,39,42)/t17-,18?,19?,20?,23+,24?,25-,26+,27+,28-,29?,30?,31-,32?,33+,34?,35-,36-,37+,38+/m0/s1. The highest BCUT2D eigenvalue weighted by molar-refractivity contribution is 5.73. The normalized spacial score (nSPS) is 44.7. The van der Waals surface area contributed by atoms with E-state index in [0.717, 1.165) is 5.56 Å². The molecule has 1 amide bonds. The van der Waals surface area contributed by atoms with Crippen molar-refractivity contribution in [2.24, 2.45) is 11.8 Å². The number of amides is 1. The van der Waals surface area contributed by atoms with Crippen molar-refractivity contribution in [2.75, 3.05) is 19.8 Å². The monoisotopic (exact) mass is 803 g/mol. The van der Waals surface area contributed by atoms with Gasteiger partial charge in [-0.3, -0.25) is 4.79 Å². The van der Waals surface area contributed by atoms with E-state index in [1.54, 1.807) is 13.8 Å². The Kier molecular flexibility index (Phi) is 16.4. The van der Waals surface area contributed by atoms with E-state index >= 15 is 0 Å². The maximum absolute atomic E-state index is 12.8. The van der Waals surface area contributed by atoms with Gasteiger partial charge in [0.25, 0.3) is 0 Å².